The average Bonchev–Trinajstić information content (AvgIpc) is 2.27. The molecule has 106 valence electrons. The van der Waals surface area contributed by atoms with Gasteiger partial charge in [0, 0.05) is 17.9 Å². The molecule has 19 heavy (non-hydrogen) atoms. The molecule has 0 atom stereocenters. The average molecular weight is 274 g/mol. The minimum Gasteiger partial charge on any atom is -0.331 e. The van der Waals surface area contributed by atoms with Gasteiger partial charge >= 0.3 is 6.18 Å². The Kier molecular flexibility index (Phi) is 4.91. The van der Waals surface area contributed by atoms with Gasteiger partial charge < -0.3 is 4.90 Å². The number of aromatic nitrogens is 1. The molecule has 0 aliphatic heterocycles. The molecule has 1 heterocycles. The predicted molar refractivity (Wildman–Crippen MR) is 65.6 cm³/mol. The fourth-order valence-corrected chi connectivity index (χ4v) is 1.63. The minimum absolute atomic E-state index is 0.0679. The van der Waals surface area contributed by atoms with Gasteiger partial charge in [0.1, 0.15) is 6.54 Å². The zero-order valence-corrected chi connectivity index (χ0v) is 11.2. The topological polar surface area (TPSA) is 33.2 Å². The Morgan fingerprint density at radius 1 is 1.37 bits per heavy atom. The van der Waals surface area contributed by atoms with Crippen LogP contribution in [0.4, 0.5) is 13.2 Å². The summed E-state index contributed by atoms with van der Waals surface area (Å²) < 4.78 is 37.2. The fraction of sp³-hybridized carbons (Fsp3) is 0.538. The van der Waals surface area contributed by atoms with E-state index in [0.29, 0.717) is 5.56 Å². The summed E-state index contributed by atoms with van der Waals surface area (Å²) in [6.45, 7) is 3.71. The number of hydrogen-bond donors (Lipinski definition) is 0. The zero-order valence-electron chi connectivity index (χ0n) is 11.2. The van der Waals surface area contributed by atoms with E-state index in [0.717, 1.165) is 10.6 Å². The van der Waals surface area contributed by atoms with E-state index in [1.807, 2.05) is 0 Å². The SMILES string of the molecule is Cc1ccc(CC(=O)N(CC(F)(F)F)C(C)C)cn1. The summed E-state index contributed by atoms with van der Waals surface area (Å²) in [6, 6.07) is 2.94. The molecule has 3 nitrogen and oxygen atoms in total. The molecule has 1 aromatic heterocycles. The molecule has 1 rings (SSSR count). The molecular weight excluding hydrogens is 257 g/mol. The molecule has 0 N–H and O–H groups in total. The van der Waals surface area contributed by atoms with Gasteiger partial charge in [-0.15, -0.1) is 0 Å². The van der Waals surface area contributed by atoms with Crippen LogP contribution in [0, 0.1) is 6.92 Å². The summed E-state index contributed by atoms with van der Waals surface area (Å²) in [7, 11) is 0. The van der Waals surface area contributed by atoms with Crippen LogP contribution in [0.25, 0.3) is 0 Å². The maximum atomic E-state index is 12.4. The quantitative estimate of drug-likeness (QED) is 0.845. The van der Waals surface area contributed by atoms with Crippen molar-refractivity contribution < 1.29 is 18.0 Å². The number of carbonyl (C=O) groups excluding carboxylic acids is 1. The first-order valence-corrected chi connectivity index (χ1v) is 5.97. The molecule has 0 aliphatic rings. The van der Waals surface area contributed by atoms with E-state index in [1.54, 1.807) is 32.9 Å². The number of carbonyl (C=O) groups is 1. The molecule has 0 unspecified atom stereocenters. The molecule has 0 spiro atoms. The number of aryl methyl sites for hydroxylation is 1. The predicted octanol–water partition coefficient (Wildman–Crippen LogP) is 2.73. The van der Waals surface area contributed by atoms with E-state index in [2.05, 4.69) is 4.98 Å². The third-order valence-electron chi connectivity index (χ3n) is 2.62. The number of halogens is 3. The van der Waals surface area contributed by atoms with Crippen molar-refractivity contribution in [1.82, 2.24) is 9.88 Å². The van der Waals surface area contributed by atoms with Crippen LogP contribution < -0.4 is 0 Å². The van der Waals surface area contributed by atoms with Crippen molar-refractivity contribution in [3.05, 3.63) is 29.6 Å². The summed E-state index contributed by atoms with van der Waals surface area (Å²) in [5.41, 5.74) is 1.41. The number of alkyl halides is 3. The van der Waals surface area contributed by atoms with Crippen LogP contribution in [0.15, 0.2) is 18.3 Å². The van der Waals surface area contributed by atoms with Crippen LogP contribution in [-0.4, -0.2) is 34.6 Å². The van der Waals surface area contributed by atoms with Crippen LogP contribution in [0.1, 0.15) is 25.1 Å². The van der Waals surface area contributed by atoms with Crippen molar-refractivity contribution in [3.8, 4) is 0 Å². The van der Waals surface area contributed by atoms with E-state index < -0.39 is 24.7 Å². The zero-order chi connectivity index (χ0) is 14.6. The van der Waals surface area contributed by atoms with Gasteiger partial charge in [0.05, 0.1) is 6.42 Å². The lowest BCUT2D eigenvalue weighted by Gasteiger charge is -2.27. The molecule has 1 amide bonds. The van der Waals surface area contributed by atoms with E-state index in [1.165, 1.54) is 6.20 Å². The van der Waals surface area contributed by atoms with Crippen molar-refractivity contribution >= 4 is 5.91 Å². The molecule has 0 saturated heterocycles. The second kappa shape index (κ2) is 6.04. The highest BCUT2D eigenvalue weighted by atomic mass is 19.4. The van der Waals surface area contributed by atoms with Crippen LogP contribution in [0.5, 0.6) is 0 Å². The van der Waals surface area contributed by atoms with Gasteiger partial charge in [0.25, 0.3) is 0 Å². The smallest absolute Gasteiger partial charge is 0.331 e. The van der Waals surface area contributed by atoms with Crippen LogP contribution in [0.2, 0.25) is 0 Å². The number of pyridine rings is 1. The van der Waals surface area contributed by atoms with Crippen molar-refractivity contribution in [2.45, 2.75) is 39.4 Å². The van der Waals surface area contributed by atoms with Crippen LogP contribution in [-0.2, 0) is 11.2 Å². The van der Waals surface area contributed by atoms with Gasteiger partial charge in [-0.1, -0.05) is 6.07 Å². The Morgan fingerprint density at radius 2 is 2.00 bits per heavy atom. The normalized spacial score (nSPS) is 11.7. The van der Waals surface area contributed by atoms with Gasteiger partial charge in [0.2, 0.25) is 5.91 Å². The second-order valence-electron chi connectivity index (χ2n) is 4.72. The lowest BCUT2D eigenvalue weighted by molar-refractivity contribution is -0.164. The first-order valence-electron chi connectivity index (χ1n) is 5.97. The number of rotatable bonds is 4. The van der Waals surface area contributed by atoms with E-state index in [-0.39, 0.29) is 6.42 Å². The summed E-state index contributed by atoms with van der Waals surface area (Å²) in [5.74, 6) is -0.544. The van der Waals surface area contributed by atoms with E-state index in [4.69, 9.17) is 0 Å². The summed E-state index contributed by atoms with van der Waals surface area (Å²) in [4.78, 5) is 16.8. The maximum Gasteiger partial charge on any atom is 0.406 e. The summed E-state index contributed by atoms with van der Waals surface area (Å²) in [5, 5.41) is 0. The molecule has 0 radical (unpaired) electrons. The highest BCUT2D eigenvalue weighted by molar-refractivity contribution is 5.79. The van der Waals surface area contributed by atoms with Gasteiger partial charge in [-0.3, -0.25) is 9.78 Å². The first-order chi connectivity index (χ1) is 8.69. The molecule has 0 saturated carbocycles. The third-order valence-corrected chi connectivity index (χ3v) is 2.62. The third kappa shape index (κ3) is 5.28. The summed E-state index contributed by atoms with van der Waals surface area (Å²) >= 11 is 0. The molecule has 1 aromatic rings. The van der Waals surface area contributed by atoms with Gasteiger partial charge in [0.15, 0.2) is 0 Å². The van der Waals surface area contributed by atoms with Gasteiger partial charge in [-0.25, -0.2) is 0 Å². The Morgan fingerprint density at radius 3 is 2.42 bits per heavy atom. The largest absolute Gasteiger partial charge is 0.406 e. The minimum atomic E-state index is -4.38. The van der Waals surface area contributed by atoms with Gasteiger partial charge in [-0.2, -0.15) is 13.2 Å². The van der Waals surface area contributed by atoms with E-state index >= 15 is 0 Å². The van der Waals surface area contributed by atoms with Gasteiger partial charge in [-0.05, 0) is 32.4 Å². The molecule has 0 aromatic carbocycles. The van der Waals surface area contributed by atoms with Crippen molar-refractivity contribution in [2.75, 3.05) is 6.54 Å². The standard InChI is InChI=1S/C13H17F3N2O/c1-9(2)18(8-13(14,15)16)12(19)6-11-5-4-10(3)17-7-11/h4-5,7,9H,6,8H2,1-3H3. The number of hydrogen-bond acceptors (Lipinski definition) is 2. The molecule has 6 heteroatoms. The lowest BCUT2D eigenvalue weighted by atomic mass is 10.1. The van der Waals surface area contributed by atoms with Crippen LogP contribution >= 0.6 is 0 Å². The molecule has 0 fully saturated rings. The number of amides is 1. The monoisotopic (exact) mass is 274 g/mol. The molecular formula is C13H17F3N2O. The Labute approximate surface area is 110 Å². The van der Waals surface area contributed by atoms with Crippen LogP contribution in [0.3, 0.4) is 0 Å². The molecule has 0 aliphatic carbocycles. The Hall–Kier alpha value is -1.59. The number of nitrogens with zero attached hydrogens (tertiary/aromatic N) is 2. The first kappa shape index (κ1) is 15.5. The van der Waals surface area contributed by atoms with Crippen molar-refractivity contribution in [1.29, 1.82) is 0 Å². The molecule has 0 bridgehead atoms. The van der Waals surface area contributed by atoms with Crippen molar-refractivity contribution in [2.24, 2.45) is 0 Å². The Bertz CT molecular complexity index is 427. The highest BCUT2D eigenvalue weighted by Gasteiger charge is 2.34. The van der Waals surface area contributed by atoms with E-state index in [9.17, 15) is 18.0 Å². The fourth-order valence-electron chi connectivity index (χ4n) is 1.63. The van der Waals surface area contributed by atoms with Crippen molar-refractivity contribution in [3.63, 3.8) is 0 Å². The maximum absolute atomic E-state index is 12.4. The summed E-state index contributed by atoms with van der Waals surface area (Å²) in [6.07, 6.45) is -2.94. The highest BCUT2D eigenvalue weighted by Crippen LogP contribution is 2.19. The Balaban J connectivity index is 2.75. The lowest BCUT2D eigenvalue weighted by Crippen LogP contribution is -2.44. The second-order valence-corrected chi connectivity index (χ2v) is 4.72.